The zero-order valence-electron chi connectivity index (χ0n) is 12.5. The highest BCUT2D eigenvalue weighted by Gasteiger charge is 2.29. The third-order valence-electron chi connectivity index (χ3n) is 3.89. The normalized spacial score (nSPS) is 15.9. The van der Waals surface area contributed by atoms with Gasteiger partial charge in [-0.2, -0.15) is 0 Å². The Morgan fingerprint density at radius 1 is 1.43 bits per heavy atom. The molecule has 1 saturated carbocycles. The summed E-state index contributed by atoms with van der Waals surface area (Å²) in [4.78, 5) is 13.5. The van der Waals surface area contributed by atoms with Gasteiger partial charge in [0, 0.05) is 18.6 Å². The number of carbonyl (C=O) groups excluding carboxylic acids is 1. The van der Waals surface area contributed by atoms with Gasteiger partial charge in [0.05, 0.1) is 18.4 Å². The molecule has 1 aliphatic rings. The summed E-state index contributed by atoms with van der Waals surface area (Å²) >= 11 is 0. The number of likely N-dealkylation sites (N-methyl/N-ethyl adjacent to an activating group) is 1. The van der Waals surface area contributed by atoms with E-state index < -0.39 is 23.2 Å². The van der Waals surface area contributed by atoms with Crippen LogP contribution in [0.25, 0.3) is 0 Å². The summed E-state index contributed by atoms with van der Waals surface area (Å²) in [6, 6.07) is 3.39. The number of ether oxygens (including phenoxy) is 1. The van der Waals surface area contributed by atoms with E-state index in [0.29, 0.717) is 12.6 Å². The van der Waals surface area contributed by atoms with E-state index in [0.717, 1.165) is 7.11 Å². The third-order valence-corrected chi connectivity index (χ3v) is 3.89. The number of halogens is 2. The van der Waals surface area contributed by atoms with Crippen LogP contribution in [0.1, 0.15) is 30.1 Å². The molecule has 0 spiro atoms. The van der Waals surface area contributed by atoms with Crippen molar-refractivity contribution < 1.29 is 18.3 Å². The number of hydrogen-bond acceptors (Lipinski definition) is 4. The number of hydrogen-bond donors (Lipinski definition) is 1. The minimum absolute atomic E-state index is 0.0520. The molecular formula is C15H20F2N2O2. The van der Waals surface area contributed by atoms with E-state index in [9.17, 15) is 13.6 Å². The quantitative estimate of drug-likeness (QED) is 0.820. The average molecular weight is 298 g/mol. The molecule has 1 aliphatic carbocycles. The second kappa shape index (κ2) is 6.39. The molecule has 0 aromatic heterocycles. The molecule has 4 nitrogen and oxygen atoms in total. The molecule has 0 bridgehead atoms. The van der Waals surface area contributed by atoms with Crippen LogP contribution in [0.3, 0.4) is 0 Å². The number of benzene rings is 1. The lowest BCUT2D eigenvalue weighted by Gasteiger charge is -2.25. The molecule has 21 heavy (non-hydrogen) atoms. The number of esters is 1. The number of nitrogens with zero attached hydrogens (tertiary/aromatic N) is 1. The molecule has 0 aliphatic heterocycles. The summed E-state index contributed by atoms with van der Waals surface area (Å²) in [5.41, 5.74) is -0.347. The van der Waals surface area contributed by atoms with E-state index in [1.54, 1.807) is 0 Å². The fourth-order valence-corrected chi connectivity index (χ4v) is 2.20. The summed E-state index contributed by atoms with van der Waals surface area (Å²) in [5.74, 6) is -3.13. The van der Waals surface area contributed by atoms with Gasteiger partial charge in [-0.3, -0.25) is 4.90 Å². The van der Waals surface area contributed by atoms with Gasteiger partial charge in [-0.1, -0.05) is 0 Å². The first-order valence-electron chi connectivity index (χ1n) is 6.97. The SMILES string of the molecule is COC(=O)c1ccc(NCC(C)N(C)C2CC2)c(F)c1F. The monoisotopic (exact) mass is 298 g/mol. The summed E-state index contributed by atoms with van der Waals surface area (Å²) in [6.45, 7) is 2.53. The Kier molecular flexibility index (Phi) is 4.77. The van der Waals surface area contributed by atoms with Crippen molar-refractivity contribution >= 4 is 11.7 Å². The van der Waals surface area contributed by atoms with E-state index in [1.807, 2.05) is 14.0 Å². The predicted molar refractivity (Wildman–Crippen MR) is 76.4 cm³/mol. The molecule has 116 valence electrons. The minimum Gasteiger partial charge on any atom is -0.465 e. The maximum absolute atomic E-state index is 13.9. The second-order valence-corrected chi connectivity index (χ2v) is 5.41. The Hall–Kier alpha value is -1.69. The topological polar surface area (TPSA) is 41.6 Å². The van der Waals surface area contributed by atoms with Crippen molar-refractivity contribution in [2.24, 2.45) is 0 Å². The summed E-state index contributed by atoms with van der Waals surface area (Å²) < 4.78 is 32.1. The lowest BCUT2D eigenvalue weighted by atomic mass is 10.1. The van der Waals surface area contributed by atoms with E-state index in [1.165, 1.54) is 25.0 Å². The summed E-state index contributed by atoms with van der Waals surface area (Å²) in [7, 11) is 3.16. The lowest BCUT2D eigenvalue weighted by Crippen LogP contribution is -2.36. The first-order valence-corrected chi connectivity index (χ1v) is 6.97. The molecular weight excluding hydrogens is 278 g/mol. The zero-order valence-corrected chi connectivity index (χ0v) is 12.5. The molecule has 1 aromatic rings. The van der Waals surface area contributed by atoms with Crippen molar-refractivity contribution in [3.63, 3.8) is 0 Å². The van der Waals surface area contributed by atoms with E-state index in [4.69, 9.17) is 0 Å². The third kappa shape index (κ3) is 3.50. The smallest absolute Gasteiger partial charge is 0.340 e. The zero-order chi connectivity index (χ0) is 15.6. The fourth-order valence-electron chi connectivity index (χ4n) is 2.20. The average Bonchev–Trinajstić information content (AvgIpc) is 3.31. The Labute approximate surface area is 123 Å². The van der Waals surface area contributed by atoms with Gasteiger partial charge in [-0.15, -0.1) is 0 Å². The highest BCUT2D eigenvalue weighted by Crippen LogP contribution is 2.27. The molecule has 1 unspecified atom stereocenters. The van der Waals surface area contributed by atoms with E-state index in [-0.39, 0.29) is 11.7 Å². The van der Waals surface area contributed by atoms with Gasteiger partial charge in [0.1, 0.15) is 0 Å². The first-order chi connectivity index (χ1) is 9.95. The van der Waals surface area contributed by atoms with Crippen LogP contribution in [0.5, 0.6) is 0 Å². The van der Waals surface area contributed by atoms with Crippen LogP contribution in [0, 0.1) is 11.6 Å². The predicted octanol–water partition coefficient (Wildman–Crippen LogP) is 2.65. The number of methoxy groups -OCH3 is 1. The van der Waals surface area contributed by atoms with E-state index in [2.05, 4.69) is 15.0 Å². The molecule has 2 rings (SSSR count). The fraction of sp³-hybridized carbons (Fsp3) is 0.533. The van der Waals surface area contributed by atoms with Crippen LogP contribution in [-0.2, 0) is 4.74 Å². The van der Waals surface area contributed by atoms with Crippen molar-refractivity contribution in [2.75, 3.05) is 26.0 Å². The number of nitrogens with one attached hydrogen (secondary N) is 1. The lowest BCUT2D eigenvalue weighted by molar-refractivity contribution is 0.0594. The van der Waals surface area contributed by atoms with E-state index >= 15 is 0 Å². The van der Waals surface area contributed by atoms with Gasteiger partial charge in [0.25, 0.3) is 0 Å². The van der Waals surface area contributed by atoms with Crippen LogP contribution >= 0.6 is 0 Å². The Morgan fingerprint density at radius 2 is 2.10 bits per heavy atom. The second-order valence-electron chi connectivity index (χ2n) is 5.41. The minimum atomic E-state index is -1.19. The molecule has 0 amide bonds. The molecule has 0 saturated heterocycles. The highest BCUT2D eigenvalue weighted by atomic mass is 19.2. The molecule has 1 fully saturated rings. The molecule has 1 atom stereocenters. The van der Waals surface area contributed by atoms with Gasteiger partial charge in [-0.25, -0.2) is 13.6 Å². The van der Waals surface area contributed by atoms with Gasteiger partial charge in [0.2, 0.25) is 0 Å². The standard InChI is InChI=1S/C15H20F2N2O2/c1-9(19(2)10-4-5-10)8-18-12-7-6-11(15(20)21-3)13(16)14(12)17/h6-7,9-10,18H,4-5,8H2,1-3H3. The van der Waals surface area contributed by atoms with Gasteiger partial charge in [0.15, 0.2) is 11.6 Å². The van der Waals surface area contributed by atoms with Crippen LogP contribution in [0.2, 0.25) is 0 Å². The maximum atomic E-state index is 13.9. The van der Waals surface area contributed by atoms with Crippen molar-refractivity contribution in [3.05, 3.63) is 29.3 Å². The maximum Gasteiger partial charge on any atom is 0.340 e. The Balaban J connectivity index is 2.03. The Morgan fingerprint density at radius 3 is 2.67 bits per heavy atom. The molecule has 1 aromatic carbocycles. The largest absolute Gasteiger partial charge is 0.465 e. The summed E-state index contributed by atoms with van der Waals surface area (Å²) in [6.07, 6.45) is 2.38. The van der Waals surface area contributed by atoms with Gasteiger partial charge < -0.3 is 10.1 Å². The van der Waals surface area contributed by atoms with Crippen LogP contribution in [-0.4, -0.2) is 43.7 Å². The van der Waals surface area contributed by atoms with Crippen molar-refractivity contribution in [1.29, 1.82) is 0 Å². The van der Waals surface area contributed by atoms with Crippen LogP contribution in [0.4, 0.5) is 14.5 Å². The molecule has 0 radical (unpaired) electrons. The van der Waals surface area contributed by atoms with Crippen molar-refractivity contribution in [1.82, 2.24) is 4.90 Å². The summed E-state index contributed by atoms with van der Waals surface area (Å²) in [5, 5.41) is 2.89. The highest BCUT2D eigenvalue weighted by molar-refractivity contribution is 5.90. The molecule has 1 N–H and O–H groups in total. The van der Waals surface area contributed by atoms with Gasteiger partial charge >= 0.3 is 5.97 Å². The molecule has 6 heteroatoms. The van der Waals surface area contributed by atoms with Gasteiger partial charge in [-0.05, 0) is 38.9 Å². The van der Waals surface area contributed by atoms with Crippen molar-refractivity contribution in [2.45, 2.75) is 31.8 Å². The Bertz CT molecular complexity index is 533. The van der Waals surface area contributed by atoms with Crippen LogP contribution < -0.4 is 5.32 Å². The van der Waals surface area contributed by atoms with Crippen molar-refractivity contribution in [3.8, 4) is 0 Å². The molecule has 0 heterocycles. The van der Waals surface area contributed by atoms with Crippen LogP contribution in [0.15, 0.2) is 12.1 Å². The number of anilines is 1. The number of rotatable bonds is 6. The number of carbonyl (C=O) groups is 1. The first kappa shape index (κ1) is 15.7.